The number of hydrogen-bond donors (Lipinski definition) is 1. The fourth-order valence-electron chi connectivity index (χ4n) is 5.29. The number of imide groups is 1. The Balaban J connectivity index is 1.31. The summed E-state index contributed by atoms with van der Waals surface area (Å²) in [6.07, 6.45) is 18.9. The van der Waals surface area contributed by atoms with Gasteiger partial charge in [-0.25, -0.2) is 0 Å². The largest absolute Gasteiger partial charge is 0.461 e. The van der Waals surface area contributed by atoms with Crippen LogP contribution in [0.25, 0.3) is 0 Å². The summed E-state index contributed by atoms with van der Waals surface area (Å²) in [5.41, 5.74) is 2.26. The molecule has 3 rings (SSSR count). The van der Waals surface area contributed by atoms with Crippen molar-refractivity contribution in [2.75, 3.05) is 0 Å². The van der Waals surface area contributed by atoms with Crippen molar-refractivity contribution >= 4 is 11.8 Å². The number of amides is 2. The minimum atomic E-state index is -1.04. The molecule has 2 atom stereocenters. The first-order valence-electron chi connectivity index (χ1n) is 15.1. The number of carbonyl (C=O) groups is 2. The molecule has 2 unspecified atom stereocenters. The van der Waals surface area contributed by atoms with Crippen LogP contribution in [0.5, 0.6) is 5.75 Å². The SMILES string of the molecule is CCCCCCCCCCCCc1ccc(OC(O)C=CCCC(CC)N2C(=O)c3ccccc3C2=O)cc1. The lowest BCUT2D eigenvalue weighted by Gasteiger charge is -2.24. The second-order valence-corrected chi connectivity index (χ2v) is 10.7. The average Bonchev–Trinajstić information content (AvgIpc) is 3.20. The van der Waals surface area contributed by atoms with Crippen molar-refractivity contribution in [1.29, 1.82) is 0 Å². The number of nitrogens with zero attached hydrogens (tertiary/aromatic N) is 1. The highest BCUT2D eigenvalue weighted by Crippen LogP contribution is 2.27. The van der Waals surface area contributed by atoms with Crippen LogP contribution in [-0.2, 0) is 6.42 Å². The second kappa shape index (κ2) is 16.9. The van der Waals surface area contributed by atoms with Gasteiger partial charge in [-0.15, -0.1) is 0 Å². The van der Waals surface area contributed by atoms with E-state index >= 15 is 0 Å². The molecular formula is C34H47NO4. The maximum absolute atomic E-state index is 12.8. The monoisotopic (exact) mass is 533 g/mol. The lowest BCUT2D eigenvalue weighted by atomic mass is 10.0. The summed E-state index contributed by atoms with van der Waals surface area (Å²) in [6.45, 7) is 4.25. The molecule has 0 spiro atoms. The minimum Gasteiger partial charge on any atom is -0.461 e. The maximum atomic E-state index is 12.8. The van der Waals surface area contributed by atoms with Crippen LogP contribution in [0.15, 0.2) is 60.7 Å². The molecule has 1 N–H and O–H groups in total. The van der Waals surface area contributed by atoms with E-state index in [9.17, 15) is 14.7 Å². The number of aryl methyl sites for hydroxylation is 1. The molecule has 0 aromatic heterocycles. The molecule has 1 aliphatic rings. The molecule has 0 radical (unpaired) electrons. The van der Waals surface area contributed by atoms with Crippen molar-refractivity contribution in [3.63, 3.8) is 0 Å². The van der Waals surface area contributed by atoms with Gasteiger partial charge < -0.3 is 9.84 Å². The number of carbonyl (C=O) groups excluding carboxylic acids is 2. The molecule has 2 aromatic rings. The Bertz CT molecular complexity index is 1010. The number of ether oxygens (including phenoxy) is 1. The normalized spacial score (nSPS) is 14.7. The standard InChI is InChI=1S/C34H47NO4/c1-3-5-6-7-8-9-10-11-12-13-18-27-23-25-29(26-24-27)39-32(36)22-17-14-19-28(4-2)35-33(37)30-20-15-16-21-31(30)34(35)38/h15-17,20-26,28,32,36H,3-14,18-19H2,1-2H3. The van der Waals surface area contributed by atoms with Gasteiger partial charge in [0.1, 0.15) is 5.75 Å². The predicted molar refractivity (Wildman–Crippen MR) is 158 cm³/mol. The van der Waals surface area contributed by atoms with E-state index in [-0.39, 0.29) is 17.9 Å². The highest BCUT2D eigenvalue weighted by Gasteiger charge is 2.38. The zero-order valence-electron chi connectivity index (χ0n) is 23.9. The van der Waals surface area contributed by atoms with Crippen molar-refractivity contribution in [2.24, 2.45) is 0 Å². The van der Waals surface area contributed by atoms with Gasteiger partial charge >= 0.3 is 0 Å². The molecule has 1 aliphatic heterocycles. The van der Waals surface area contributed by atoms with Gasteiger partial charge in [0.05, 0.1) is 11.1 Å². The van der Waals surface area contributed by atoms with Crippen molar-refractivity contribution in [3.05, 3.63) is 77.4 Å². The number of aliphatic hydroxyl groups excluding tert-OH is 1. The molecule has 0 saturated carbocycles. The first-order valence-corrected chi connectivity index (χ1v) is 15.1. The van der Waals surface area contributed by atoms with E-state index in [0.717, 1.165) is 6.42 Å². The van der Waals surface area contributed by atoms with E-state index in [4.69, 9.17) is 4.74 Å². The molecule has 0 aliphatic carbocycles. The molecular weight excluding hydrogens is 486 g/mol. The lowest BCUT2D eigenvalue weighted by molar-refractivity contribution is 0.0244. The van der Waals surface area contributed by atoms with Gasteiger partial charge in [0.25, 0.3) is 11.8 Å². The number of unbranched alkanes of at least 4 members (excludes halogenated alkanes) is 9. The summed E-state index contributed by atoms with van der Waals surface area (Å²) in [6, 6.07) is 14.8. The van der Waals surface area contributed by atoms with Crippen LogP contribution < -0.4 is 4.74 Å². The van der Waals surface area contributed by atoms with Gasteiger partial charge in [-0.1, -0.05) is 102 Å². The van der Waals surface area contributed by atoms with Gasteiger partial charge in [-0.05, 0) is 68.0 Å². The lowest BCUT2D eigenvalue weighted by Crippen LogP contribution is -2.39. The van der Waals surface area contributed by atoms with E-state index < -0.39 is 6.29 Å². The number of benzene rings is 2. The van der Waals surface area contributed by atoms with Crippen LogP contribution in [0.1, 0.15) is 124 Å². The number of hydrogen-bond acceptors (Lipinski definition) is 4. The van der Waals surface area contributed by atoms with E-state index in [2.05, 4.69) is 19.1 Å². The fourth-order valence-corrected chi connectivity index (χ4v) is 5.29. The third kappa shape index (κ3) is 9.65. The third-order valence-electron chi connectivity index (χ3n) is 7.63. The second-order valence-electron chi connectivity index (χ2n) is 10.7. The maximum Gasteiger partial charge on any atom is 0.261 e. The predicted octanol–water partition coefficient (Wildman–Crippen LogP) is 8.26. The van der Waals surface area contributed by atoms with Gasteiger partial charge in [-0.3, -0.25) is 14.5 Å². The summed E-state index contributed by atoms with van der Waals surface area (Å²) in [4.78, 5) is 26.9. The molecule has 1 heterocycles. The highest BCUT2D eigenvalue weighted by molar-refractivity contribution is 6.21. The molecule has 39 heavy (non-hydrogen) atoms. The number of allylic oxidation sites excluding steroid dienone is 1. The summed E-state index contributed by atoms with van der Waals surface area (Å²) >= 11 is 0. The molecule has 0 saturated heterocycles. The molecule has 5 heteroatoms. The summed E-state index contributed by atoms with van der Waals surface area (Å²) in [5, 5.41) is 10.3. The van der Waals surface area contributed by atoms with E-state index in [1.165, 1.54) is 74.7 Å². The Morgan fingerprint density at radius 1 is 0.795 bits per heavy atom. The smallest absolute Gasteiger partial charge is 0.261 e. The molecule has 0 fully saturated rings. The number of aliphatic hydroxyl groups is 1. The summed E-state index contributed by atoms with van der Waals surface area (Å²) in [5.74, 6) is 0.203. The van der Waals surface area contributed by atoms with Crippen LogP contribution in [0.2, 0.25) is 0 Å². The van der Waals surface area contributed by atoms with Crippen LogP contribution in [0.4, 0.5) is 0 Å². The Hall–Kier alpha value is -2.92. The molecule has 2 aromatic carbocycles. The van der Waals surface area contributed by atoms with Gasteiger partial charge in [0, 0.05) is 6.04 Å². The zero-order valence-corrected chi connectivity index (χ0v) is 23.9. The molecule has 2 amide bonds. The number of fused-ring (bicyclic) bond motifs is 1. The Morgan fingerprint density at radius 3 is 1.92 bits per heavy atom. The first kappa shape index (κ1) is 30.6. The van der Waals surface area contributed by atoms with E-state index in [1.807, 2.05) is 25.1 Å². The van der Waals surface area contributed by atoms with Crippen LogP contribution in [-0.4, -0.2) is 34.2 Å². The van der Waals surface area contributed by atoms with Crippen molar-refractivity contribution in [3.8, 4) is 5.75 Å². The quantitative estimate of drug-likeness (QED) is 0.0854. The van der Waals surface area contributed by atoms with Crippen molar-refractivity contribution in [1.82, 2.24) is 4.90 Å². The average molecular weight is 534 g/mol. The minimum absolute atomic E-state index is 0.178. The third-order valence-corrected chi connectivity index (χ3v) is 7.63. The Morgan fingerprint density at radius 2 is 1.36 bits per heavy atom. The van der Waals surface area contributed by atoms with E-state index in [1.54, 1.807) is 30.3 Å². The summed E-state index contributed by atoms with van der Waals surface area (Å²) in [7, 11) is 0. The van der Waals surface area contributed by atoms with Crippen LogP contribution >= 0.6 is 0 Å². The van der Waals surface area contributed by atoms with Crippen LogP contribution in [0.3, 0.4) is 0 Å². The first-order chi connectivity index (χ1) is 19.0. The topological polar surface area (TPSA) is 66.8 Å². The molecule has 212 valence electrons. The van der Waals surface area contributed by atoms with Gasteiger partial charge in [0.15, 0.2) is 0 Å². The van der Waals surface area contributed by atoms with Crippen molar-refractivity contribution in [2.45, 2.75) is 116 Å². The summed E-state index contributed by atoms with van der Waals surface area (Å²) < 4.78 is 5.63. The number of rotatable bonds is 19. The van der Waals surface area contributed by atoms with Gasteiger partial charge in [-0.2, -0.15) is 0 Å². The van der Waals surface area contributed by atoms with Crippen LogP contribution in [0, 0.1) is 0 Å². The van der Waals surface area contributed by atoms with E-state index in [0.29, 0.717) is 36.1 Å². The van der Waals surface area contributed by atoms with Crippen molar-refractivity contribution < 1.29 is 19.4 Å². The molecule has 0 bridgehead atoms. The Labute approximate surface area is 235 Å². The van der Waals surface area contributed by atoms with Gasteiger partial charge in [0.2, 0.25) is 6.29 Å². The fraction of sp³-hybridized carbons (Fsp3) is 0.529. The highest BCUT2D eigenvalue weighted by atomic mass is 16.6. The molecule has 5 nitrogen and oxygen atoms in total. The zero-order chi connectivity index (χ0) is 27.9. The Kier molecular flexibility index (Phi) is 13.3.